The topological polar surface area (TPSA) is 59.3 Å². The molecule has 0 aliphatic heterocycles. The van der Waals surface area contributed by atoms with Gasteiger partial charge in [0.05, 0.1) is 0 Å². The molecule has 1 aromatic heterocycles. The number of aromatic carboxylic acids is 1. The summed E-state index contributed by atoms with van der Waals surface area (Å²) < 4.78 is 1.42. The summed E-state index contributed by atoms with van der Waals surface area (Å²) in [6.07, 6.45) is 1.51. The van der Waals surface area contributed by atoms with Crippen LogP contribution in [0.5, 0.6) is 0 Å². The van der Waals surface area contributed by atoms with Crippen LogP contribution in [-0.2, 0) is 7.05 Å². The Morgan fingerprint density at radius 1 is 1.50 bits per heavy atom. The van der Waals surface area contributed by atoms with Gasteiger partial charge in [-0.3, -0.25) is 4.79 Å². The molecule has 0 saturated heterocycles. The van der Waals surface area contributed by atoms with Crippen LogP contribution in [-0.4, -0.2) is 21.4 Å². The summed E-state index contributed by atoms with van der Waals surface area (Å²) in [5.41, 5.74) is 0.551. The van der Waals surface area contributed by atoms with E-state index in [0.717, 1.165) is 0 Å². The number of nitrogens with zero attached hydrogens (tertiary/aromatic N) is 1. The smallest absolute Gasteiger partial charge is 0.352 e. The van der Waals surface area contributed by atoms with Gasteiger partial charge < -0.3 is 9.67 Å². The summed E-state index contributed by atoms with van der Waals surface area (Å²) in [6, 6.07) is 1.37. The highest BCUT2D eigenvalue weighted by atomic mass is 16.4. The molecule has 64 valence electrons. The molecule has 0 unspecified atom stereocenters. The van der Waals surface area contributed by atoms with Gasteiger partial charge in [0, 0.05) is 18.8 Å². The van der Waals surface area contributed by atoms with E-state index in [2.05, 4.69) is 0 Å². The lowest BCUT2D eigenvalue weighted by molar-refractivity contribution is 0.0686. The van der Waals surface area contributed by atoms with Gasteiger partial charge in [0.2, 0.25) is 0 Å². The second-order valence-corrected chi connectivity index (χ2v) is 2.59. The summed E-state index contributed by atoms with van der Waals surface area (Å²) in [6.45, 7) is 1.40. The van der Waals surface area contributed by atoms with Crippen molar-refractivity contribution in [1.82, 2.24) is 4.57 Å². The molecule has 1 aromatic rings. The Hall–Kier alpha value is -1.58. The molecule has 0 aromatic carbocycles. The van der Waals surface area contributed by atoms with E-state index in [-0.39, 0.29) is 11.5 Å². The highest BCUT2D eigenvalue weighted by molar-refractivity contribution is 5.97. The number of carbonyl (C=O) groups is 2. The first kappa shape index (κ1) is 8.52. The number of rotatable bonds is 2. The van der Waals surface area contributed by atoms with E-state index in [1.165, 1.54) is 23.8 Å². The molecule has 1 rings (SSSR count). The fourth-order valence-corrected chi connectivity index (χ4v) is 0.970. The van der Waals surface area contributed by atoms with E-state index in [1.54, 1.807) is 7.05 Å². The van der Waals surface area contributed by atoms with Crippen LogP contribution in [0.1, 0.15) is 27.8 Å². The van der Waals surface area contributed by atoms with Gasteiger partial charge in [0.15, 0.2) is 5.78 Å². The average molecular weight is 167 g/mol. The third-order valence-electron chi connectivity index (χ3n) is 1.63. The van der Waals surface area contributed by atoms with Crippen molar-refractivity contribution in [2.45, 2.75) is 6.92 Å². The molecule has 4 heteroatoms. The van der Waals surface area contributed by atoms with Crippen molar-refractivity contribution < 1.29 is 14.7 Å². The fraction of sp³-hybridized carbons (Fsp3) is 0.250. The van der Waals surface area contributed by atoms with Crippen molar-refractivity contribution in [3.8, 4) is 0 Å². The monoisotopic (exact) mass is 167 g/mol. The van der Waals surface area contributed by atoms with E-state index in [4.69, 9.17) is 5.11 Å². The molecule has 0 fully saturated rings. The molecule has 0 spiro atoms. The van der Waals surface area contributed by atoms with Crippen LogP contribution >= 0.6 is 0 Å². The van der Waals surface area contributed by atoms with Crippen LogP contribution in [0.15, 0.2) is 12.3 Å². The second-order valence-electron chi connectivity index (χ2n) is 2.59. The minimum absolute atomic E-state index is 0.125. The lowest BCUT2D eigenvalue weighted by Crippen LogP contribution is -2.02. The van der Waals surface area contributed by atoms with E-state index < -0.39 is 5.97 Å². The van der Waals surface area contributed by atoms with Crippen molar-refractivity contribution in [1.29, 1.82) is 0 Å². The van der Waals surface area contributed by atoms with Gasteiger partial charge in [-0.25, -0.2) is 4.79 Å². The van der Waals surface area contributed by atoms with Gasteiger partial charge in [-0.05, 0) is 13.0 Å². The lowest BCUT2D eigenvalue weighted by atomic mass is 10.2. The molecule has 0 aliphatic carbocycles. The molecule has 1 heterocycles. The van der Waals surface area contributed by atoms with E-state index in [0.29, 0.717) is 5.56 Å². The number of hydrogen-bond donors (Lipinski definition) is 1. The number of aryl methyl sites for hydroxylation is 1. The number of hydrogen-bond acceptors (Lipinski definition) is 2. The molecule has 0 aliphatic rings. The Morgan fingerprint density at radius 2 is 2.08 bits per heavy atom. The first-order valence-electron chi connectivity index (χ1n) is 3.43. The maximum Gasteiger partial charge on any atom is 0.352 e. The third-order valence-corrected chi connectivity index (χ3v) is 1.63. The van der Waals surface area contributed by atoms with Crippen LogP contribution in [0.4, 0.5) is 0 Å². The molecule has 0 saturated carbocycles. The van der Waals surface area contributed by atoms with Gasteiger partial charge in [-0.1, -0.05) is 0 Å². The highest BCUT2D eigenvalue weighted by Gasteiger charge is 2.11. The Morgan fingerprint density at radius 3 is 2.33 bits per heavy atom. The molecule has 4 nitrogen and oxygen atoms in total. The molecule has 0 bridgehead atoms. The van der Waals surface area contributed by atoms with Crippen molar-refractivity contribution in [3.63, 3.8) is 0 Å². The first-order chi connectivity index (χ1) is 5.52. The maximum atomic E-state index is 10.8. The zero-order chi connectivity index (χ0) is 9.30. The van der Waals surface area contributed by atoms with Crippen LogP contribution < -0.4 is 0 Å². The van der Waals surface area contributed by atoms with Gasteiger partial charge in [-0.15, -0.1) is 0 Å². The number of carbonyl (C=O) groups excluding carboxylic acids is 1. The molecular weight excluding hydrogens is 158 g/mol. The van der Waals surface area contributed by atoms with Crippen LogP contribution in [0.3, 0.4) is 0 Å². The van der Waals surface area contributed by atoms with Crippen LogP contribution in [0, 0.1) is 0 Å². The fourth-order valence-electron chi connectivity index (χ4n) is 0.970. The molecular formula is C8H9NO3. The van der Waals surface area contributed by atoms with E-state index >= 15 is 0 Å². The summed E-state index contributed by atoms with van der Waals surface area (Å²) in [5, 5.41) is 8.63. The molecule has 12 heavy (non-hydrogen) atoms. The predicted molar refractivity (Wildman–Crippen MR) is 42.4 cm³/mol. The van der Waals surface area contributed by atoms with Gasteiger partial charge in [-0.2, -0.15) is 0 Å². The predicted octanol–water partition coefficient (Wildman–Crippen LogP) is 0.926. The highest BCUT2D eigenvalue weighted by Crippen LogP contribution is 2.07. The first-order valence-corrected chi connectivity index (χ1v) is 3.43. The van der Waals surface area contributed by atoms with Crippen LogP contribution in [0.25, 0.3) is 0 Å². The third kappa shape index (κ3) is 1.37. The summed E-state index contributed by atoms with van der Waals surface area (Å²) in [7, 11) is 1.59. The minimum atomic E-state index is -1.02. The van der Waals surface area contributed by atoms with Crippen LogP contribution in [0.2, 0.25) is 0 Å². The standard InChI is InChI=1S/C8H9NO3/c1-5(10)6-3-7(8(11)12)9(2)4-6/h3-4H,1-2H3,(H,11,12). The molecule has 1 N–H and O–H groups in total. The maximum absolute atomic E-state index is 10.8. The number of carboxylic acids is 1. The lowest BCUT2D eigenvalue weighted by Gasteiger charge is -1.92. The summed E-state index contributed by atoms with van der Waals surface area (Å²) in [5.74, 6) is -1.15. The Labute approximate surface area is 69.4 Å². The van der Waals surface area contributed by atoms with Gasteiger partial charge >= 0.3 is 5.97 Å². The Balaban J connectivity index is 3.17. The van der Waals surface area contributed by atoms with Crippen molar-refractivity contribution >= 4 is 11.8 Å². The van der Waals surface area contributed by atoms with Gasteiger partial charge in [0.1, 0.15) is 5.69 Å². The number of ketones is 1. The molecule has 0 atom stereocenters. The number of aromatic nitrogens is 1. The Kier molecular flexibility index (Phi) is 1.99. The number of carboxylic acid groups (broad SMARTS) is 1. The van der Waals surface area contributed by atoms with Crippen molar-refractivity contribution in [2.75, 3.05) is 0 Å². The molecule has 0 amide bonds. The summed E-state index contributed by atoms with van der Waals surface area (Å²) in [4.78, 5) is 21.4. The molecule has 0 radical (unpaired) electrons. The van der Waals surface area contributed by atoms with Gasteiger partial charge in [0.25, 0.3) is 0 Å². The van der Waals surface area contributed by atoms with Crippen molar-refractivity contribution in [3.05, 3.63) is 23.5 Å². The largest absolute Gasteiger partial charge is 0.477 e. The summed E-state index contributed by atoms with van der Waals surface area (Å²) >= 11 is 0. The second kappa shape index (κ2) is 2.81. The average Bonchev–Trinajstić information content (AvgIpc) is 2.30. The normalized spacial score (nSPS) is 9.83. The Bertz CT molecular complexity index is 338. The minimum Gasteiger partial charge on any atom is -0.477 e. The van der Waals surface area contributed by atoms with E-state index in [1.807, 2.05) is 0 Å². The number of Topliss-reactive ketones (excluding diaryl/α,β-unsaturated/α-hetero) is 1. The quantitative estimate of drug-likeness (QED) is 0.666. The van der Waals surface area contributed by atoms with Crippen molar-refractivity contribution in [2.24, 2.45) is 7.05 Å². The van der Waals surface area contributed by atoms with E-state index in [9.17, 15) is 9.59 Å². The SMILES string of the molecule is CC(=O)c1cc(C(=O)O)n(C)c1. The zero-order valence-corrected chi connectivity index (χ0v) is 6.87. The zero-order valence-electron chi connectivity index (χ0n) is 6.87.